The molecule has 0 spiro atoms. The minimum absolute atomic E-state index is 0.0185. The van der Waals surface area contributed by atoms with Gasteiger partial charge in [0.2, 0.25) is 0 Å². The third kappa shape index (κ3) is 4.65. The summed E-state index contributed by atoms with van der Waals surface area (Å²) in [6.45, 7) is 9.62. The van der Waals surface area contributed by atoms with E-state index in [9.17, 15) is 4.79 Å². The van der Waals surface area contributed by atoms with E-state index in [1.165, 1.54) is 4.88 Å². The van der Waals surface area contributed by atoms with Gasteiger partial charge in [-0.15, -0.1) is 11.3 Å². The molecule has 26 heavy (non-hydrogen) atoms. The van der Waals surface area contributed by atoms with Crippen molar-refractivity contribution >= 4 is 28.8 Å². The largest absolute Gasteiger partial charge is 0.348 e. The van der Waals surface area contributed by atoms with Crippen molar-refractivity contribution in [3.8, 4) is 0 Å². The van der Waals surface area contributed by atoms with E-state index >= 15 is 0 Å². The first-order valence-corrected chi connectivity index (χ1v) is 10.4. The third-order valence-corrected chi connectivity index (χ3v) is 6.22. The van der Waals surface area contributed by atoms with Gasteiger partial charge in [0.1, 0.15) is 0 Å². The zero-order chi connectivity index (χ0) is 18.5. The summed E-state index contributed by atoms with van der Waals surface area (Å²) in [4.78, 5) is 18.9. The van der Waals surface area contributed by atoms with E-state index in [2.05, 4.69) is 46.5 Å². The smallest absolute Gasteiger partial charge is 0.251 e. The molecule has 140 valence electrons. The van der Waals surface area contributed by atoms with Gasteiger partial charge in [-0.2, -0.15) is 0 Å². The van der Waals surface area contributed by atoms with E-state index < -0.39 is 0 Å². The van der Waals surface area contributed by atoms with E-state index in [0.29, 0.717) is 10.6 Å². The minimum atomic E-state index is -0.0529. The predicted octanol–water partition coefficient (Wildman–Crippen LogP) is 3.90. The zero-order valence-corrected chi connectivity index (χ0v) is 16.9. The maximum atomic E-state index is 12.6. The highest BCUT2D eigenvalue weighted by Crippen LogP contribution is 2.29. The normalized spacial score (nSPS) is 18.4. The van der Waals surface area contributed by atoms with Gasteiger partial charge in [-0.1, -0.05) is 24.6 Å². The number of nitrogens with zero attached hydrogens (tertiary/aromatic N) is 2. The molecular weight excluding hydrogens is 366 g/mol. The van der Waals surface area contributed by atoms with E-state index in [4.69, 9.17) is 11.6 Å². The van der Waals surface area contributed by atoms with Crippen molar-refractivity contribution in [2.75, 3.05) is 32.7 Å². The van der Waals surface area contributed by atoms with Gasteiger partial charge in [-0.25, -0.2) is 0 Å². The van der Waals surface area contributed by atoms with Crippen LogP contribution in [0.15, 0.2) is 41.8 Å². The predicted molar refractivity (Wildman–Crippen MR) is 109 cm³/mol. The molecule has 0 saturated carbocycles. The van der Waals surface area contributed by atoms with Crippen molar-refractivity contribution in [3.63, 3.8) is 0 Å². The van der Waals surface area contributed by atoms with Crippen molar-refractivity contribution < 1.29 is 4.79 Å². The Kier molecular flexibility index (Phi) is 6.70. The number of nitrogens with one attached hydrogen (secondary N) is 1. The number of halogens is 1. The molecule has 2 unspecified atom stereocenters. The molecule has 0 radical (unpaired) electrons. The molecule has 1 N–H and O–H groups in total. The average Bonchev–Trinajstić information content (AvgIpc) is 3.17. The quantitative estimate of drug-likeness (QED) is 0.811. The van der Waals surface area contributed by atoms with Crippen molar-refractivity contribution in [1.29, 1.82) is 0 Å². The number of rotatable bonds is 6. The van der Waals surface area contributed by atoms with Crippen LogP contribution in [0.2, 0.25) is 5.02 Å². The Balaban J connectivity index is 1.72. The molecule has 3 rings (SSSR count). The Morgan fingerprint density at radius 1 is 1.19 bits per heavy atom. The molecule has 1 aliphatic rings. The standard InChI is InChI=1S/C20H26ClN3OS/c1-3-23-10-12-24(13-11-23)19(18-5-4-14-26-18)15(2)22-20(25)16-6-8-17(21)9-7-16/h4-9,14-15,19H,3,10-13H2,1-2H3,(H,22,25). The molecule has 1 aromatic carbocycles. The van der Waals surface area contributed by atoms with Crippen molar-refractivity contribution in [3.05, 3.63) is 57.2 Å². The first-order chi connectivity index (χ1) is 12.6. The molecule has 1 amide bonds. The Labute approximate surface area is 164 Å². The van der Waals surface area contributed by atoms with Crippen LogP contribution in [0.5, 0.6) is 0 Å². The maximum absolute atomic E-state index is 12.6. The molecular formula is C20H26ClN3OS. The summed E-state index contributed by atoms with van der Waals surface area (Å²) < 4.78 is 0. The highest BCUT2D eigenvalue weighted by molar-refractivity contribution is 7.10. The van der Waals surface area contributed by atoms with Crippen molar-refractivity contribution in [2.45, 2.75) is 25.9 Å². The lowest BCUT2D eigenvalue weighted by molar-refractivity contribution is 0.0753. The van der Waals surface area contributed by atoms with E-state index in [1.807, 2.05) is 0 Å². The second-order valence-electron chi connectivity index (χ2n) is 6.70. The lowest BCUT2D eigenvalue weighted by atomic mass is 10.0. The van der Waals surface area contributed by atoms with Gasteiger partial charge in [0, 0.05) is 47.7 Å². The summed E-state index contributed by atoms with van der Waals surface area (Å²) in [6.07, 6.45) is 0. The third-order valence-electron chi connectivity index (χ3n) is 5.02. The molecule has 1 aromatic heterocycles. The Bertz CT molecular complexity index is 696. The van der Waals surface area contributed by atoms with E-state index in [0.717, 1.165) is 32.7 Å². The van der Waals surface area contributed by atoms with Gasteiger partial charge in [-0.3, -0.25) is 9.69 Å². The Hall–Kier alpha value is -1.40. The summed E-state index contributed by atoms with van der Waals surface area (Å²) in [7, 11) is 0. The molecule has 2 atom stereocenters. The fourth-order valence-electron chi connectivity index (χ4n) is 3.53. The summed E-state index contributed by atoms with van der Waals surface area (Å²) in [5, 5.41) is 5.94. The summed E-state index contributed by atoms with van der Waals surface area (Å²) in [5.74, 6) is -0.0529. The molecule has 1 aliphatic heterocycles. The number of amides is 1. The SMILES string of the molecule is CCN1CCN(C(c2cccs2)C(C)NC(=O)c2ccc(Cl)cc2)CC1. The highest BCUT2D eigenvalue weighted by atomic mass is 35.5. The first kappa shape index (κ1) is 19.4. The minimum Gasteiger partial charge on any atom is -0.348 e. The lowest BCUT2D eigenvalue weighted by Gasteiger charge is -2.41. The van der Waals surface area contributed by atoms with Crippen LogP contribution in [-0.4, -0.2) is 54.5 Å². The number of carbonyl (C=O) groups is 1. The fourth-order valence-corrected chi connectivity index (χ4v) is 4.62. The van der Waals surface area contributed by atoms with Crippen LogP contribution in [0.4, 0.5) is 0 Å². The average molecular weight is 392 g/mol. The van der Waals surface area contributed by atoms with Crippen LogP contribution >= 0.6 is 22.9 Å². The van der Waals surface area contributed by atoms with Crippen molar-refractivity contribution in [1.82, 2.24) is 15.1 Å². The second kappa shape index (κ2) is 9.00. The summed E-state index contributed by atoms with van der Waals surface area (Å²) in [5.41, 5.74) is 0.641. The van der Waals surface area contributed by atoms with Crippen LogP contribution in [0.25, 0.3) is 0 Å². The van der Waals surface area contributed by atoms with Crippen LogP contribution in [0.1, 0.15) is 35.1 Å². The molecule has 2 aromatic rings. The summed E-state index contributed by atoms with van der Waals surface area (Å²) >= 11 is 7.68. The van der Waals surface area contributed by atoms with E-state index in [-0.39, 0.29) is 18.0 Å². The number of likely N-dealkylation sites (N-methyl/N-ethyl adjacent to an activating group) is 1. The zero-order valence-electron chi connectivity index (χ0n) is 15.3. The topological polar surface area (TPSA) is 35.6 Å². The van der Waals surface area contributed by atoms with Crippen LogP contribution in [0.3, 0.4) is 0 Å². The number of hydrogen-bond donors (Lipinski definition) is 1. The molecule has 0 bridgehead atoms. The number of benzene rings is 1. The summed E-state index contributed by atoms with van der Waals surface area (Å²) in [6, 6.07) is 11.5. The number of thiophene rings is 1. The second-order valence-corrected chi connectivity index (χ2v) is 8.12. The van der Waals surface area contributed by atoms with E-state index in [1.54, 1.807) is 35.6 Å². The molecule has 6 heteroatoms. The van der Waals surface area contributed by atoms with Crippen LogP contribution in [-0.2, 0) is 0 Å². The van der Waals surface area contributed by atoms with Gasteiger partial charge < -0.3 is 10.2 Å². The van der Waals surface area contributed by atoms with Crippen molar-refractivity contribution in [2.24, 2.45) is 0 Å². The molecule has 1 fully saturated rings. The Morgan fingerprint density at radius 3 is 2.46 bits per heavy atom. The van der Waals surface area contributed by atoms with Crippen LogP contribution < -0.4 is 5.32 Å². The number of piperazine rings is 1. The first-order valence-electron chi connectivity index (χ1n) is 9.14. The molecule has 0 aliphatic carbocycles. The van der Waals surface area contributed by atoms with Gasteiger partial charge >= 0.3 is 0 Å². The lowest BCUT2D eigenvalue weighted by Crippen LogP contribution is -2.52. The highest BCUT2D eigenvalue weighted by Gasteiger charge is 2.30. The molecule has 2 heterocycles. The van der Waals surface area contributed by atoms with Gasteiger partial charge in [0.15, 0.2) is 0 Å². The monoisotopic (exact) mass is 391 g/mol. The molecule has 1 saturated heterocycles. The maximum Gasteiger partial charge on any atom is 0.251 e. The van der Waals surface area contributed by atoms with Crippen LogP contribution in [0, 0.1) is 0 Å². The number of carbonyl (C=O) groups excluding carboxylic acids is 1. The van der Waals surface area contributed by atoms with Gasteiger partial charge in [0.05, 0.1) is 6.04 Å². The van der Waals surface area contributed by atoms with Gasteiger partial charge in [-0.05, 0) is 49.2 Å². The fraction of sp³-hybridized carbons (Fsp3) is 0.450. The van der Waals surface area contributed by atoms with Gasteiger partial charge in [0.25, 0.3) is 5.91 Å². The Morgan fingerprint density at radius 2 is 1.88 bits per heavy atom. The number of hydrogen-bond acceptors (Lipinski definition) is 4. The molecule has 4 nitrogen and oxygen atoms in total.